The lowest BCUT2D eigenvalue weighted by Crippen LogP contribution is -2.31. The van der Waals surface area contributed by atoms with Gasteiger partial charge in [0.05, 0.1) is 11.2 Å². The highest BCUT2D eigenvalue weighted by molar-refractivity contribution is 9.10. The molecule has 5 heteroatoms. The Kier molecular flexibility index (Phi) is 4.48. The number of benzene rings is 2. The largest absolute Gasteiger partial charge is 0.350 e. The number of hydrogen-bond acceptors (Lipinski definition) is 2. The number of rotatable bonds is 4. The van der Waals surface area contributed by atoms with Crippen LogP contribution in [-0.4, -0.2) is 15.7 Å². The third-order valence-electron chi connectivity index (χ3n) is 3.96. The van der Waals surface area contributed by atoms with E-state index in [0.29, 0.717) is 6.54 Å². The first-order valence-corrected chi connectivity index (χ1v) is 8.32. The molecule has 4 nitrogen and oxygen atoms in total. The van der Waals surface area contributed by atoms with Crippen molar-refractivity contribution in [2.45, 2.75) is 26.4 Å². The number of halogens is 1. The van der Waals surface area contributed by atoms with E-state index in [1.54, 1.807) is 4.68 Å². The minimum Gasteiger partial charge on any atom is -0.350 e. The van der Waals surface area contributed by atoms with Crippen LogP contribution in [-0.2, 0) is 11.3 Å². The Morgan fingerprint density at radius 2 is 1.91 bits per heavy atom. The van der Waals surface area contributed by atoms with Crippen LogP contribution >= 0.6 is 15.9 Å². The molecule has 1 atom stereocenters. The van der Waals surface area contributed by atoms with Crippen LogP contribution in [0.2, 0.25) is 0 Å². The van der Waals surface area contributed by atoms with Gasteiger partial charge in [-0.3, -0.25) is 9.48 Å². The SMILES string of the molecule is Cc1nn([C@@H](C)C(=O)NCc2ccccc2Br)c2ccccc12. The molecule has 1 aromatic heterocycles. The summed E-state index contributed by atoms with van der Waals surface area (Å²) in [7, 11) is 0. The van der Waals surface area contributed by atoms with Crippen molar-refractivity contribution in [1.29, 1.82) is 0 Å². The molecule has 0 unspecified atom stereocenters. The molecule has 0 saturated heterocycles. The molecule has 0 radical (unpaired) electrons. The summed E-state index contributed by atoms with van der Waals surface area (Å²) >= 11 is 3.50. The van der Waals surface area contributed by atoms with Gasteiger partial charge in [-0.25, -0.2) is 0 Å². The van der Waals surface area contributed by atoms with Crippen LogP contribution in [0.15, 0.2) is 53.0 Å². The molecule has 0 spiro atoms. The molecule has 0 bridgehead atoms. The minimum atomic E-state index is -0.365. The monoisotopic (exact) mass is 371 g/mol. The second-order valence-corrected chi connectivity index (χ2v) is 6.39. The van der Waals surface area contributed by atoms with Crippen LogP contribution in [0.25, 0.3) is 10.9 Å². The molecule has 0 aliphatic rings. The highest BCUT2D eigenvalue weighted by Gasteiger charge is 2.19. The van der Waals surface area contributed by atoms with Crippen LogP contribution in [0.5, 0.6) is 0 Å². The molecule has 118 valence electrons. The Labute approximate surface area is 143 Å². The summed E-state index contributed by atoms with van der Waals surface area (Å²) in [6.07, 6.45) is 0. The van der Waals surface area contributed by atoms with E-state index in [1.165, 1.54) is 0 Å². The summed E-state index contributed by atoms with van der Waals surface area (Å²) in [4.78, 5) is 12.5. The van der Waals surface area contributed by atoms with E-state index < -0.39 is 0 Å². The van der Waals surface area contributed by atoms with Crippen molar-refractivity contribution in [2.24, 2.45) is 0 Å². The van der Waals surface area contributed by atoms with Crippen LogP contribution in [0.1, 0.15) is 24.2 Å². The summed E-state index contributed by atoms with van der Waals surface area (Å²) in [5.41, 5.74) is 2.97. The molecule has 23 heavy (non-hydrogen) atoms. The Hall–Kier alpha value is -2.14. The van der Waals surface area contributed by atoms with Crippen LogP contribution in [0.4, 0.5) is 0 Å². The van der Waals surface area contributed by atoms with Gasteiger partial charge in [0.2, 0.25) is 5.91 Å². The number of fused-ring (bicyclic) bond motifs is 1. The average Bonchev–Trinajstić information content (AvgIpc) is 2.90. The molecule has 3 rings (SSSR count). The number of aromatic nitrogens is 2. The number of carbonyl (C=O) groups is 1. The lowest BCUT2D eigenvalue weighted by Gasteiger charge is -2.14. The number of nitrogens with zero attached hydrogens (tertiary/aromatic N) is 2. The first-order chi connectivity index (χ1) is 11.1. The van der Waals surface area contributed by atoms with E-state index in [2.05, 4.69) is 26.3 Å². The molecule has 3 aromatic rings. The van der Waals surface area contributed by atoms with Crippen molar-refractivity contribution in [3.63, 3.8) is 0 Å². The number of aryl methyl sites for hydroxylation is 1. The van der Waals surface area contributed by atoms with Gasteiger partial charge in [-0.15, -0.1) is 0 Å². The molecule has 1 N–H and O–H groups in total. The summed E-state index contributed by atoms with van der Waals surface area (Å²) in [6.45, 7) is 4.32. The summed E-state index contributed by atoms with van der Waals surface area (Å²) in [5.74, 6) is -0.0472. The maximum Gasteiger partial charge on any atom is 0.244 e. The summed E-state index contributed by atoms with van der Waals surface area (Å²) in [6, 6.07) is 15.5. The molecule has 1 heterocycles. The fourth-order valence-electron chi connectivity index (χ4n) is 2.63. The molecule has 0 saturated carbocycles. The van der Waals surface area contributed by atoms with Gasteiger partial charge in [0.1, 0.15) is 6.04 Å². The van der Waals surface area contributed by atoms with Gasteiger partial charge in [0, 0.05) is 16.4 Å². The normalized spacial score (nSPS) is 12.3. The molecule has 0 aliphatic carbocycles. The van der Waals surface area contributed by atoms with E-state index >= 15 is 0 Å². The standard InChI is InChI=1S/C18H18BrN3O/c1-12-15-8-4-6-10-17(15)22(21-12)13(2)18(23)20-11-14-7-3-5-9-16(14)19/h3-10,13H,11H2,1-2H3,(H,20,23)/t13-/m0/s1. The topological polar surface area (TPSA) is 46.9 Å². The third kappa shape index (κ3) is 3.15. The quantitative estimate of drug-likeness (QED) is 0.753. The summed E-state index contributed by atoms with van der Waals surface area (Å²) in [5, 5.41) is 8.59. The maximum absolute atomic E-state index is 12.5. The zero-order valence-corrected chi connectivity index (χ0v) is 14.7. The van der Waals surface area contributed by atoms with Crippen LogP contribution < -0.4 is 5.32 Å². The molecular weight excluding hydrogens is 354 g/mol. The van der Waals surface area contributed by atoms with Gasteiger partial charge in [-0.1, -0.05) is 52.3 Å². The number of hydrogen-bond donors (Lipinski definition) is 1. The molecule has 0 aliphatic heterocycles. The van der Waals surface area contributed by atoms with Crippen molar-refractivity contribution in [3.05, 3.63) is 64.3 Å². The van der Waals surface area contributed by atoms with Crippen molar-refractivity contribution >= 4 is 32.7 Å². The first-order valence-electron chi connectivity index (χ1n) is 7.53. The minimum absolute atomic E-state index is 0.0472. The van der Waals surface area contributed by atoms with Crippen molar-refractivity contribution in [1.82, 2.24) is 15.1 Å². The van der Waals surface area contributed by atoms with Gasteiger partial charge in [-0.2, -0.15) is 5.10 Å². The van der Waals surface area contributed by atoms with Crippen molar-refractivity contribution < 1.29 is 4.79 Å². The fraction of sp³-hybridized carbons (Fsp3) is 0.222. The highest BCUT2D eigenvalue weighted by Crippen LogP contribution is 2.21. The van der Waals surface area contributed by atoms with E-state index in [4.69, 9.17) is 0 Å². The second kappa shape index (κ2) is 6.54. The van der Waals surface area contributed by atoms with E-state index in [1.807, 2.05) is 62.4 Å². The zero-order chi connectivity index (χ0) is 16.4. The average molecular weight is 372 g/mol. The Morgan fingerprint density at radius 1 is 1.22 bits per heavy atom. The van der Waals surface area contributed by atoms with Crippen molar-refractivity contribution in [2.75, 3.05) is 0 Å². The lowest BCUT2D eigenvalue weighted by molar-refractivity contribution is -0.124. The Balaban J connectivity index is 1.78. The number of amides is 1. The van der Waals surface area contributed by atoms with Gasteiger partial charge < -0.3 is 5.32 Å². The van der Waals surface area contributed by atoms with Gasteiger partial charge in [0.15, 0.2) is 0 Å². The third-order valence-corrected chi connectivity index (χ3v) is 4.73. The van der Waals surface area contributed by atoms with Crippen LogP contribution in [0.3, 0.4) is 0 Å². The van der Waals surface area contributed by atoms with E-state index in [9.17, 15) is 4.79 Å². The Morgan fingerprint density at radius 3 is 2.70 bits per heavy atom. The lowest BCUT2D eigenvalue weighted by atomic mass is 10.2. The summed E-state index contributed by atoms with van der Waals surface area (Å²) < 4.78 is 2.79. The molecule has 1 amide bonds. The molecule has 2 aromatic carbocycles. The van der Waals surface area contributed by atoms with Crippen molar-refractivity contribution in [3.8, 4) is 0 Å². The maximum atomic E-state index is 12.5. The van der Waals surface area contributed by atoms with Gasteiger partial charge in [-0.05, 0) is 31.5 Å². The van der Waals surface area contributed by atoms with E-state index in [-0.39, 0.29) is 11.9 Å². The number of para-hydroxylation sites is 1. The van der Waals surface area contributed by atoms with Gasteiger partial charge >= 0.3 is 0 Å². The molecular formula is C18H18BrN3O. The smallest absolute Gasteiger partial charge is 0.244 e. The predicted molar refractivity (Wildman–Crippen MR) is 95.2 cm³/mol. The Bertz CT molecular complexity index is 856. The predicted octanol–water partition coefficient (Wildman–Crippen LogP) is 3.98. The highest BCUT2D eigenvalue weighted by atomic mass is 79.9. The number of carbonyl (C=O) groups excluding carboxylic acids is 1. The number of nitrogens with one attached hydrogen (secondary N) is 1. The van der Waals surface area contributed by atoms with Gasteiger partial charge in [0.25, 0.3) is 0 Å². The second-order valence-electron chi connectivity index (χ2n) is 5.53. The first kappa shape index (κ1) is 15.7. The molecule has 0 fully saturated rings. The zero-order valence-electron chi connectivity index (χ0n) is 13.1. The van der Waals surface area contributed by atoms with E-state index in [0.717, 1.165) is 26.6 Å². The van der Waals surface area contributed by atoms with Crippen LogP contribution in [0, 0.1) is 6.92 Å². The fourth-order valence-corrected chi connectivity index (χ4v) is 3.05.